The van der Waals surface area contributed by atoms with E-state index in [1.54, 1.807) is 16.6 Å². The van der Waals surface area contributed by atoms with Crippen LogP contribution in [0.25, 0.3) is 5.78 Å². The van der Waals surface area contributed by atoms with Gasteiger partial charge in [0.15, 0.2) is 0 Å². The third-order valence-electron chi connectivity index (χ3n) is 5.21. The van der Waals surface area contributed by atoms with E-state index in [1.165, 1.54) is 12.1 Å². The summed E-state index contributed by atoms with van der Waals surface area (Å²) in [7, 11) is 0. The van der Waals surface area contributed by atoms with Crippen molar-refractivity contribution in [1.82, 2.24) is 24.9 Å². The highest BCUT2D eigenvalue weighted by Crippen LogP contribution is 2.36. The van der Waals surface area contributed by atoms with Crippen molar-refractivity contribution in [2.75, 3.05) is 0 Å². The molecule has 0 radical (unpaired) electrons. The highest BCUT2D eigenvalue weighted by molar-refractivity contribution is 5.91. The van der Waals surface area contributed by atoms with Gasteiger partial charge in [-0.3, -0.25) is 4.79 Å². The molecule has 0 aliphatic heterocycles. The lowest BCUT2D eigenvalue weighted by molar-refractivity contribution is 0.0911. The minimum Gasteiger partial charge on any atom is -0.342 e. The van der Waals surface area contributed by atoms with E-state index in [0.717, 1.165) is 42.6 Å². The van der Waals surface area contributed by atoms with Crippen LogP contribution in [-0.4, -0.2) is 25.5 Å². The molecule has 2 heterocycles. The third kappa shape index (κ3) is 3.54. The molecular formula is C20H22FN5O. The molecule has 0 saturated heterocycles. The third-order valence-corrected chi connectivity index (χ3v) is 5.21. The second-order valence-electron chi connectivity index (χ2n) is 7.23. The van der Waals surface area contributed by atoms with Crippen molar-refractivity contribution >= 4 is 11.7 Å². The van der Waals surface area contributed by atoms with Gasteiger partial charge in [0.1, 0.15) is 5.82 Å². The summed E-state index contributed by atoms with van der Waals surface area (Å²) in [5.41, 5.74) is 2.61. The largest absolute Gasteiger partial charge is 0.342 e. The number of nitrogens with one attached hydrogen (secondary N) is 1. The number of fused-ring (bicyclic) bond motifs is 1. The average molecular weight is 367 g/mol. The molecule has 4 rings (SSSR count). The molecule has 1 N–H and O–H groups in total. The molecule has 6 nitrogen and oxygen atoms in total. The zero-order valence-electron chi connectivity index (χ0n) is 15.4. The van der Waals surface area contributed by atoms with Gasteiger partial charge < -0.3 is 5.32 Å². The van der Waals surface area contributed by atoms with Crippen molar-refractivity contribution in [1.29, 1.82) is 0 Å². The lowest BCUT2D eigenvalue weighted by Crippen LogP contribution is -2.33. The van der Waals surface area contributed by atoms with Crippen LogP contribution in [-0.2, 0) is 0 Å². The molecule has 0 spiro atoms. The van der Waals surface area contributed by atoms with Crippen LogP contribution < -0.4 is 5.32 Å². The molecule has 1 unspecified atom stereocenters. The first kappa shape index (κ1) is 17.6. The topological polar surface area (TPSA) is 72.2 Å². The molecule has 1 aliphatic carbocycles. The summed E-state index contributed by atoms with van der Waals surface area (Å²) in [6.07, 6.45) is 4.38. The van der Waals surface area contributed by atoms with Gasteiger partial charge in [0.25, 0.3) is 11.7 Å². The molecule has 1 atom stereocenters. The summed E-state index contributed by atoms with van der Waals surface area (Å²) in [4.78, 5) is 21.5. The lowest BCUT2D eigenvalue weighted by atomic mass is 9.91. The van der Waals surface area contributed by atoms with Crippen molar-refractivity contribution in [2.45, 2.75) is 45.6 Å². The number of carbonyl (C=O) groups is 1. The summed E-state index contributed by atoms with van der Waals surface area (Å²) in [5.74, 6) is 0.227. The lowest BCUT2D eigenvalue weighted by Gasteiger charge is -2.24. The molecule has 2 aromatic heterocycles. The normalized spacial score (nSPS) is 16.0. The quantitative estimate of drug-likeness (QED) is 0.765. The summed E-state index contributed by atoms with van der Waals surface area (Å²) < 4.78 is 14.9. The van der Waals surface area contributed by atoms with Gasteiger partial charge >= 0.3 is 0 Å². The van der Waals surface area contributed by atoms with E-state index in [0.29, 0.717) is 11.7 Å². The van der Waals surface area contributed by atoms with E-state index in [4.69, 9.17) is 0 Å². The summed E-state index contributed by atoms with van der Waals surface area (Å²) in [5, 5.41) is 7.39. The molecule has 1 fully saturated rings. The van der Waals surface area contributed by atoms with Gasteiger partial charge in [0.05, 0.1) is 6.04 Å². The van der Waals surface area contributed by atoms with Crippen molar-refractivity contribution < 1.29 is 9.18 Å². The van der Waals surface area contributed by atoms with Gasteiger partial charge in [-0.1, -0.05) is 25.0 Å². The monoisotopic (exact) mass is 367 g/mol. The van der Waals surface area contributed by atoms with Crippen molar-refractivity contribution in [2.24, 2.45) is 5.92 Å². The first-order valence-electron chi connectivity index (χ1n) is 9.28. The Kier molecular flexibility index (Phi) is 4.59. The number of aromatic nitrogens is 4. The number of benzene rings is 1. The number of rotatable bonds is 4. The maximum Gasteiger partial charge on any atom is 0.291 e. The van der Waals surface area contributed by atoms with E-state index < -0.39 is 0 Å². The Labute approximate surface area is 156 Å². The molecule has 7 heteroatoms. The standard InChI is InChI=1S/C20H22FN5O/c1-12-11-13(2)26-20(22-12)24-18(25-26)19(27)23-17(14-5-3-4-6-14)15-7-9-16(21)10-8-15/h7-11,14,17H,3-6H2,1-2H3,(H,23,27). The zero-order valence-corrected chi connectivity index (χ0v) is 15.4. The highest BCUT2D eigenvalue weighted by atomic mass is 19.1. The predicted molar refractivity (Wildman–Crippen MR) is 98.8 cm³/mol. The van der Waals surface area contributed by atoms with E-state index in [2.05, 4.69) is 20.4 Å². The molecule has 1 aliphatic rings. The Bertz CT molecular complexity index is 976. The van der Waals surface area contributed by atoms with Crippen LogP contribution in [0.3, 0.4) is 0 Å². The second-order valence-corrected chi connectivity index (χ2v) is 7.23. The van der Waals surface area contributed by atoms with Crippen LogP contribution in [0, 0.1) is 25.6 Å². The molecule has 3 aromatic rings. The van der Waals surface area contributed by atoms with Gasteiger partial charge in [0, 0.05) is 11.4 Å². The van der Waals surface area contributed by atoms with Crippen LogP contribution >= 0.6 is 0 Å². The Morgan fingerprint density at radius 1 is 1.19 bits per heavy atom. The summed E-state index contributed by atoms with van der Waals surface area (Å²) in [6, 6.07) is 8.06. The number of amides is 1. The zero-order chi connectivity index (χ0) is 19.0. The van der Waals surface area contributed by atoms with Gasteiger partial charge in [-0.25, -0.2) is 13.9 Å². The summed E-state index contributed by atoms with van der Waals surface area (Å²) in [6.45, 7) is 3.78. The minimum atomic E-state index is -0.334. The molecule has 1 amide bonds. The second kappa shape index (κ2) is 7.06. The van der Waals surface area contributed by atoms with E-state index >= 15 is 0 Å². The van der Waals surface area contributed by atoms with Gasteiger partial charge in [-0.15, -0.1) is 5.10 Å². The average Bonchev–Trinajstić information content (AvgIpc) is 3.30. The fourth-order valence-corrected chi connectivity index (χ4v) is 3.90. The maximum atomic E-state index is 13.3. The molecule has 140 valence electrons. The van der Waals surface area contributed by atoms with Crippen LogP contribution in [0.5, 0.6) is 0 Å². The predicted octanol–water partition coefficient (Wildman–Crippen LogP) is 3.54. The number of halogens is 1. The fourth-order valence-electron chi connectivity index (χ4n) is 3.90. The molecular weight excluding hydrogens is 345 g/mol. The first-order valence-corrected chi connectivity index (χ1v) is 9.28. The van der Waals surface area contributed by atoms with Gasteiger partial charge in [-0.05, 0) is 56.4 Å². The molecule has 1 saturated carbocycles. The maximum absolute atomic E-state index is 13.3. The van der Waals surface area contributed by atoms with Crippen LogP contribution in [0.2, 0.25) is 0 Å². The Morgan fingerprint density at radius 2 is 1.89 bits per heavy atom. The van der Waals surface area contributed by atoms with Crippen molar-refractivity contribution in [3.8, 4) is 0 Å². The number of nitrogens with zero attached hydrogens (tertiary/aromatic N) is 4. The van der Waals surface area contributed by atoms with Crippen LogP contribution in [0.1, 0.15) is 59.3 Å². The molecule has 27 heavy (non-hydrogen) atoms. The minimum absolute atomic E-state index is 0.0984. The number of hydrogen-bond donors (Lipinski definition) is 1. The highest BCUT2D eigenvalue weighted by Gasteiger charge is 2.29. The Balaban J connectivity index is 1.63. The molecule has 0 bridgehead atoms. The smallest absolute Gasteiger partial charge is 0.291 e. The molecule has 1 aromatic carbocycles. The SMILES string of the molecule is Cc1cc(C)n2nc(C(=O)NC(c3ccc(F)cc3)C3CCCC3)nc2n1. The van der Waals surface area contributed by atoms with E-state index in [9.17, 15) is 9.18 Å². The van der Waals surface area contributed by atoms with E-state index in [-0.39, 0.29) is 23.6 Å². The number of carbonyl (C=O) groups excluding carboxylic acids is 1. The Morgan fingerprint density at radius 3 is 2.59 bits per heavy atom. The van der Waals surface area contributed by atoms with Crippen LogP contribution in [0.15, 0.2) is 30.3 Å². The van der Waals surface area contributed by atoms with Gasteiger partial charge in [0.2, 0.25) is 5.82 Å². The summed E-state index contributed by atoms with van der Waals surface area (Å²) >= 11 is 0. The van der Waals surface area contributed by atoms with Crippen molar-refractivity contribution in [3.63, 3.8) is 0 Å². The van der Waals surface area contributed by atoms with Gasteiger partial charge in [-0.2, -0.15) is 4.98 Å². The fraction of sp³-hybridized carbons (Fsp3) is 0.400. The first-order chi connectivity index (χ1) is 13.0. The number of hydrogen-bond acceptors (Lipinski definition) is 4. The Hall–Kier alpha value is -2.83. The van der Waals surface area contributed by atoms with Crippen molar-refractivity contribution in [3.05, 3.63) is 58.9 Å². The number of aryl methyl sites for hydroxylation is 2. The van der Waals surface area contributed by atoms with E-state index in [1.807, 2.05) is 19.9 Å². The van der Waals surface area contributed by atoms with Crippen LogP contribution in [0.4, 0.5) is 4.39 Å².